The van der Waals surface area contributed by atoms with Crippen LogP contribution >= 0.6 is 0 Å². The number of ketones is 1. The largest absolute Gasteiger partial charge is 0.388 e. The number of hydrogen-bond acceptors (Lipinski definition) is 5. The van der Waals surface area contributed by atoms with E-state index in [1.54, 1.807) is 14.2 Å². The van der Waals surface area contributed by atoms with Crippen molar-refractivity contribution >= 4 is 22.3 Å². The number of nitrogens with zero attached hydrogens (tertiary/aromatic N) is 1. The summed E-state index contributed by atoms with van der Waals surface area (Å²) in [4.78, 5) is 27.1. The third-order valence-corrected chi connectivity index (χ3v) is 6.57. The number of pyridine rings is 1. The Labute approximate surface area is 195 Å². The van der Waals surface area contributed by atoms with Gasteiger partial charge in [-0.1, -0.05) is 31.5 Å². The topological polar surface area (TPSA) is 72.4 Å². The molecule has 2 heterocycles. The fraction of sp³-hybridized carbons (Fsp3) is 0.481. The molecule has 1 atom stereocenters. The molecule has 0 amide bonds. The Morgan fingerprint density at radius 3 is 2.70 bits per heavy atom. The number of allylic oxidation sites excluding steroid dienone is 2. The number of benzene rings is 1. The predicted molar refractivity (Wildman–Crippen MR) is 134 cm³/mol. The summed E-state index contributed by atoms with van der Waals surface area (Å²) in [5.74, 6) is 0.0493. The van der Waals surface area contributed by atoms with Crippen molar-refractivity contribution in [2.45, 2.75) is 65.1 Å². The molecule has 1 unspecified atom stereocenters. The quantitative estimate of drug-likeness (QED) is 0.677. The lowest BCUT2D eigenvalue weighted by atomic mass is 9.99. The maximum atomic E-state index is 13.5. The van der Waals surface area contributed by atoms with Gasteiger partial charge in [0, 0.05) is 49.2 Å². The van der Waals surface area contributed by atoms with Gasteiger partial charge in [0.25, 0.3) is 5.56 Å². The molecule has 2 N–H and O–H groups in total. The molecule has 33 heavy (non-hydrogen) atoms. The maximum absolute atomic E-state index is 13.5. The van der Waals surface area contributed by atoms with Crippen molar-refractivity contribution in [2.24, 2.45) is 0 Å². The van der Waals surface area contributed by atoms with E-state index in [1.807, 2.05) is 29.7 Å². The van der Waals surface area contributed by atoms with Crippen LogP contribution in [0.5, 0.6) is 0 Å². The Morgan fingerprint density at radius 1 is 1.21 bits per heavy atom. The minimum absolute atomic E-state index is 0.00143. The van der Waals surface area contributed by atoms with Gasteiger partial charge in [0.15, 0.2) is 5.78 Å². The summed E-state index contributed by atoms with van der Waals surface area (Å²) in [5, 5.41) is 8.48. The fourth-order valence-electron chi connectivity index (χ4n) is 5.12. The summed E-state index contributed by atoms with van der Waals surface area (Å²) in [7, 11) is 3.25. The number of Topliss-reactive ketones (excluding diaryl/α,β-unsaturated/α-hetero) is 1. The molecule has 6 nitrogen and oxygen atoms in total. The van der Waals surface area contributed by atoms with Gasteiger partial charge in [0.2, 0.25) is 0 Å². The predicted octanol–water partition coefficient (Wildman–Crippen LogP) is 3.95. The monoisotopic (exact) mass is 449 g/mol. The minimum Gasteiger partial charge on any atom is -0.388 e. The molecule has 1 fully saturated rings. The molecule has 1 aliphatic heterocycles. The van der Waals surface area contributed by atoms with Crippen LogP contribution in [0.2, 0.25) is 0 Å². The summed E-state index contributed by atoms with van der Waals surface area (Å²) < 4.78 is 6.10. The Kier molecular flexibility index (Phi) is 6.86. The number of aromatic nitrogens is 1. The summed E-state index contributed by atoms with van der Waals surface area (Å²) in [6, 6.07) is 6.56. The highest BCUT2D eigenvalue weighted by Crippen LogP contribution is 2.41. The van der Waals surface area contributed by atoms with Gasteiger partial charge in [0.05, 0.1) is 17.0 Å². The summed E-state index contributed by atoms with van der Waals surface area (Å²) in [5.41, 5.74) is 5.44. The Bertz CT molecular complexity index is 1200. The summed E-state index contributed by atoms with van der Waals surface area (Å²) >= 11 is 0. The number of carbonyl (C=O) groups excluding carboxylic acids is 1. The third kappa shape index (κ3) is 4.30. The zero-order valence-corrected chi connectivity index (χ0v) is 20.4. The van der Waals surface area contributed by atoms with E-state index in [-0.39, 0.29) is 11.3 Å². The van der Waals surface area contributed by atoms with E-state index in [1.165, 1.54) is 5.57 Å². The van der Waals surface area contributed by atoms with E-state index >= 15 is 0 Å². The molecule has 0 bridgehead atoms. The molecule has 5 rings (SSSR count). The number of methoxy groups -OCH3 is 1. The number of aryl methyl sites for hydroxylation is 1. The molecular weight excluding hydrogens is 414 g/mol. The second kappa shape index (κ2) is 9.65. The molecule has 1 aromatic heterocycles. The van der Waals surface area contributed by atoms with Crippen molar-refractivity contribution in [1.82, 2.24) is 15.2 Å². The third-order valence-electron chi connectivity index (χ3n) is 6.57. The number of dihydropyridines is 1. The van der Waals surface area contributed by atoms with Crippen molar-refractivity contribution in [3.8, 4) is 0 Å². The number of nitrogens with one attached hydrogen (secondary N) is 2. The minimum atomic E-state index is 0.00143. The van der Waals surface area contributed by atoms with Crippen LogP contribution in [0.1, 0.15) is 61.1 Å². The first-order valence-corrected chi connectivity index (χ1v) is 11.9. The van der Waals surface area contributed by atoms with Crippen LogP contribution in [-0.4, -0.2) is 43.2 Å². The Hall–Kier alpha value is -2.70. The van der Waals surface area contributed by atoms with Gasteiger partial charge >= 0.3 is 0 Å². The molecule has 1 saturated carbocycles. The number of rotatable bonds is 5. The van der Waals surface area contributed by atoms with Gasteiger partial charge in [0.1, 0.15) is 0 Å². The molecule has 3 aliphatic rings. The molecular formula is C27H35N3O3. The standard InChI is InChI=1S/C25H29N3O2.C2H6O/c1-14(2)26-10-5-11-28-23-21(17-9-8-15(3)12-18(17)25(28)30)24(29)19-13-16-6-4-7-20(16)27-22(19)23;1-3-2/h8-9,12-14,20,26-27H,4-7,10-11H2,1-3H3;1-2H3. The van der Waals surface area contributed by atoms with E-state index in [9.17, 15) is 9.59 Å². The van der Waals surface area contributed by atoms with Gasteiger partial charge in [-0.3, -0.25) is 9.59 Å². The van der Waals surface area contributed by atoms with Crippen LogP contribution in [0.3, 0.4) is 0 Å². The lowest BCUT2D eigenvalue weighted by Crippen LogP contribution is -2.33. The zero-order valence-electron chi connectivity index (χ0n) is 20.4. The molecule has 0 spiro atoms. The van der Waals surface area contributed by atoms with Crippen molar-refractivity contribution in [3.05, 3.63) is 62.6 Å². The van der Waals surface area contributed by atoms with Crippen LogP contribution in [-0.2, 0) is 11.3 Å². The van der Waals surface area contributed by atoms with Crippen LogP contribution in [0.15, 0.2) is 40.2 Å². The van der Waals surface area contributed by atoms with Gasteiger partial charge < -0.3 is 19.9 Å². The van der Waals surface area contributed by atoms with Gasteiger partial charge in [-0.2, -0.15) is 0 Å². The normalized spacial score (nSPS) is 18.5. The fourth-order valence-corrected chi connectivity index (χ4v) is 5.12. The molecule has 2 aliphatic carbocycles. The average molecular weight is 450 g/mol. The highest BCUT2D eigenvalue weighted by Gasteiger charge is 2.39. The number of hydrogen-bond donors (Lipinski definition) is 2. The number of fused-ring (bicyclic) bond motifs is 5. The van der Waals surface area contributed by atoms with Crippen molar-refractivity contribution in [3.63, 3.8) is 0 Å². The van der Waals surface area contributed by atoms with Gasteiger partial charge in [-0.05, 0) is 56.9 Å². The SMILES string of the molecule is COC.Cc1ccc2c3c(n(CCCNC(C)C)c(=O)c2c1)C1=C(C=C2CCCC2N1)C3=O. The lowest BCUT2D eigenvalue weighted by Gasteiger charge is -2.24. The Morgan fingerprint density at radius 2 is 1.97 bits per heavy atom. The van der Waals surface area contributed by atoms with Gasteiger partial charge in [-0.15, -0.1) is 0 Å². The van der Waals surface area contributed by atoms with E-state index in [0.717, 1.165) is 60.1 Å². The second-order valence-electron chi connectivity index (χ2n) is 9.53. The van der Waals surface area contributed by atoms with Crippen molar-refractivity contribution in [2.75, 3.05) is 20.8 Å². The maximum Gasteiger partial charge on any atom is 0.258 e. The molecule has 0 radical (unpaired) electrons. The first kappa shape index (κ1) is 23.5. The average Bonchev–Trinajstić information content (AvgIpc) is 3.34. The van der Waals surface area contributed by atoms with E-state index in [4.69, 9.17) is 0 Å². The van der Waals surface area contributed by atoms with Crippen LogP contribution < -0.4 is 16.2 Å². The molecule has 0 saturated heterocycles. The lowest BCUT2D eigenvalue weighted by molar-refractivity contribution is 0.104. The Balaban J connectivity index is 0.000000821. The smallest absolute Gasteiger partial charge is 0.258 e. The van der Waals surface area contributed by atoms with E-state index < -0.39 is 0 Å². The molecule has 2 aromatic rings. The molecule has 6 heteroatoms. The first-order valence-electron chi connectivity index (χ1n) is 11.9. The van der Waals surface area contributed by atoms with Crippen LogP contribution in [0.25, 0.3) is 16.5 Å². The van der Waals surface area contributed by atoms with E-state index in [0.29, 0.717) is 29.6 Å². The number of ether oxygens (including phenoxy) is 1. The van der Waals surface area contributed by atoms with Crippen molar-refractivity contribution < 1.29 is 9.53 Å². The first-order chi connectivity index (χ1) is 15.9. The summed E-state index contributed by atoms with van der Waals surface area (Å²) in [6.45, 7) is 7.66. The van der Waals surface area contributed by atoms with Gasteiger partial charge in [-0.25, -0.2) is 0 Å². The van der Waals surface area contributed by atoms with Crippen LogP contribution in [0.4, 0.5) is 0 Å². The second-order valence-corrected chi connectivity index (χ2v) is 9.53. The summed E-state index contributed by atoms with van der Waals surface area (Å²) in [6.07, 6.45) is 6.22. The number of carbonyl (C=O) groups is 1. The molecule has 1 aromatic carbocycles. The molecule has 176 valence electrons. The highest BCUT2D eigenvalue weighted by atomic mass is 16.4. The highest BCUT2D eigenvalue weighted by molar-refractivity contribution is 6.27. The van der Waals surface area contributed by atoms with E-state index in [2.05, 4.69) is 35.3 Å². The van der Waals surface area contributed by atoms with Crippen LogP contribution in [0, 0.1) is 6.92 Å². The zero-order chi connectivity index (χ0) is 23.7. The van der Waals surface area contributed by atoms with Crippen molar-refractivity contribution in [1.29, 1.82) is 0 Å².